The Kier molecular flexibility index (Phi) is 3.29. The summed E-state index contributed by atoms with van der Waals surface area (Å²) in [6.07, 6.45) is 1.46. The van der Waals surface area contributed by atoms with Crippen molar-refractivity contribution in [2.75, 3.05) is 7.11 Å². The standard InChI is InChI=1S/C12H15N3O3/c1-7(2)9-4-8(5-18-3)15-6-13-10(12(16)17)11(15)14-9/h4,6-7H,5H2,1-3H3,(H,16,17). The van der Waals surface area contributed by atoms with Gasteiger partial charge in [-0.1, -0.05) is 13.8 Å². The molecule has 0 atom stereocenters. The number of hydrogen-bond donors (Lipinski definition) is 1. The molecule has 96 valence electrons. The number of rotatable bonds is 4. The van der Waals surface area contributed by atoms with Crippen LogP contribution in [0.1, 0.15) is 41.6 Å². The molecule has 0 aliphatic carbocycles. The molecule has 2 aromatic heterocycles. The van der Waals surface area contributed by atoms with Crippen LogP contribution < -0.4 is 0 Å². The zero-order valence-electron chi connectivity index (χ0n) is 10.5. The van der Waals surface area contributed by atoms with E-state index < -0.39 is 5.97 Å². The van der Waals surface area contributed by atoms with Crippen LogP contribution in [0.5, 0.6) is 0 Å². The Balaban J connectivity index is 2.71. The van der Waals surface area contributed by atoms with E-state index in [1.807, 2.05) is 19.9 Å². The SMILES string of the molecule is COCc1cc(C(C)C)nc2c(C(=O)O)ncn12. The van der Waals surface area contributed by atoms with Crippen LogP contribution in [0.15, 0.2) is 12.4 Å². The van der Waals surface area contributed by atoms with Gasteiger partial charge >= 0.3 is 5.97 Å². The maximum atomic E-state index is 11.1. The highest BCUT2D eigenvalue weighted by atomic mass is 16.5. The van der Waals surface area contributed by atoms with Gasteiger partial charge in [0.1, 0.15) is 6.33 Å². The lowest BCUT2D eigenvalue weighted by molar-refractivity contribution is 0.0693. The third-order valence-corrected chi connectivity index (χ3v) is 2.69. The quantitative estimate of drug-likeness (QED) is 0.892. The zero-order valence-corrected chi connectivity index (χ0v) is 10.5. The molecule has 2 heterocycles. The van der Waals surface area contributed by atoms with E-state index in [0.717, 1.165) is 11.4 Å². The van der Waals surface area contributed by atoms with Gasteiger partial charge < -0.3 is 9.84 Å². The molecular formula is C12H15N3O3. The minimum atomic E-state index is -1.07. The maximum Gasteiger partial charge on any atom is 0.358 e. The number of fused-ring (bicyclic) bond motifs is 1. The number of carboxylic acids is 1. The molecule has 0 bridgehead atoms. The monoisotopic (exact) mass is 249 g/mol. The molecule has 0 saturated heterocycles. The topological polar surface area (TPSA) is 76.7 Å². The lowest BCUT2D eigenvalue weighted by Gasteiger charge is -2.10. The summed E-state index contributed by atoms with van der Waals surface area (Å²) >= 11 is 0. The van der Waals surface area contributed by atoms with E-state index in [9.17, 15) is 4.79 Å². The van der Waals surface area contributed by atoms with Gasteiger partial charge in [-0.15, -0.1) is 0 Å². The summed E-state index contributed by atoms with van der Waals surface area (Å²) in [4.78, 5) is 19.3. The molecule has 0 fully saturated rings. The molecule has 2 rings (SSSR count). The van der Waals surface area contributed by atoms with E-state index in [-0.39, 0.29) is 11.6 Å². The number of hydrogen-bond acceptors (Lipinski definition) is 4. The van der Waals surface area contributed by atoms with Crippen molar-refractivity contribution in [3.05, 3.63) is 29.5 Å². The molecule has 6 heteroatoms. The van der Waals surface area contributed by atoms with Crippen molar-refractivity contribution >= 4 is 11.6 Å². The van der Waals surface area contributed by atoms with Crippen LogP contribution in [0.4, 0.5) is 0 Å². The molecular weight excluding hydrogens is 234 g/mol. The van der Waals surface area contributed by atoms with Crippen molar-refractivity contribution < 1.29 is 14.6 Å². The van der Waals surface area contributed by atoms with Crippen LogP contribution in [0.2, 0.25) is 0 Å². The van der Waals surface area contributed by atoms with E-state index in [4.69, 9.17) is 9.84 Å². The lowest BCUT2D eigenvalue weighted by Crippen LogP contribution is -2.06. The van der Waals surface area contributed by atoms with Gasteiger partial charge in [0.2, 0.25) is 0 Å². The highest BCUT2D eigenvalue weighted by Crippen LogP contribution is 2.18. The largest absolute Gasteiger partial charge is 0.476 e. The third kappa shape index (κ3) is 2.06. The van der Waals surface area contributed by atoms with E-state index in [1.54, 1.807) is 11.5 Å². The fourth-order valence-corrected chi connectivity index (χ4v) is 1.76. The molecule has 0 spiro atoms. The average Bonchev–Trinajstić information content (AvgIpc) is 2.73. The first-order chi connectivity index (χ1) is 8.54. The van der Waals surface area contributed by atoms with E-state index in [2.05, 4.69) is 9.97 Å². The molecule has 18 heavy (non-hydrogen) atoms. The van der Waals surface area contributed by atoms with Crippen LogP contribution in [0.3, 0.4) is 0 Å². The number of methoxy groups -OCH3 is 1. The highest BCUT2D eigenvalue weighted by molar-refractivity contribution is 5.92. The van der Waals surface area contributed by atoms with Gasteiger partial charge in [0.25, 0.3) is 0 Å². The van der Waals surface area contributed by atoms with Crippen LogP contribution >= 0.6 is 0 Å². The van der Waals surface area contributed by atoms with Crippen molar-refractivity contribution in [3.8, 4) is 0 Å². The summed E-state index contributed by atoms with van der Waals surface area (Å²) in [5, 5.41) is 9.07. The van der Waals surface area contributed by atoms with Gasteiger partial charge in [-0.25, -0.2) is 14.8 Å². The summed E-state index contributed by atoms with van der Waals surface area (Å²) in [5.74, 6) is -0.864. The summed E-state index contributed by atoms with van der Waals surface area (Å²) < 4.78 is 6.77. The molecule has 2 aromatic rings. The number of imidazole rings is 1. The Morgan fingerprint density at radius 2 is 2.28 bits per heavy atom. The second-order valence-electron chi connectivity index (χ2n) is 4.35. The Morgan fingerprint density at radius 1 is 1.56 bits per heavy atom. The Hall–Kier alpha value is -1.95. The number of carboxylic acid groups (broad SMARTS) is 1. The van der Waals surface area contributed by atoms with Gasteiger partial charge in [0.05, 0.1) is 12.3 Å². The normalized spacial score (nSPS) is 11.3. The van der Waals surface area contributed by atoms with E-state index in [0.29, 0.717) is 12.3 Å². The first-order valence-electron chi connectivity index (χ1n) is 5.63. The number of ether oxygens (including phenoxy) is 1. The van der Waals surface area contributed by atoms with Gasteiger partial charge in [0.15, 0.2) is 11.3 Å². The van der Waals surface area contributed by atoms with Crippen LogP contribution in [0.25, 0.3) is 5.65 Å². The number of carbonyl (C=O) groups is 1. The lowest BCUT2D eigenvalue weighted by atomic mass is 10.1. The van der Waals surface area contributed by atoms with Crippen LogP contribution in [-0.2, 0) is 11.3 Å². The highest BCUT2D eigenvalue weighted by Gasteiger charge is 2.17. The molecule has 6 nitrogen and oxygen atoms in total. The average molecular weight is 249 g/mol. The fourth-order valence-electron chi connectivity index (χ4n) is 1.76. The Bertz CT molecular complexity index is 590. The summed E-state index contributed by atoms with van der Waals surface area (Å²) in [6, 6.07) is 1.91. The number of aromatic carboxylic acids is 1. The second kappa shape index (κ2) is 4.73. The van der Waals surface area contributed by atoms with Gasteiger partial charge in [-0.2, -0.15) is 0 Å². The van der Waals surface area contributed by atoms with Crippen molar-refractivity contribution in [2.24, 2.45) is 0 Å². The third-order valence-electron chi connectivity index (χ3n) is 2.69. The van der Waals surface area contributed by atoms with Crippen LogP contribution in [0, 0.1) is 0 Å². The smallest absolute Gasteiger partial charge is 0.358 e. The summed E-state index contributed by atoms with van der Waals surface area (Å²) in [5.41, 5.74) is 2.00. The molecule has 0 aromatic carbocycles. The first-order valence-corrected chi connectivity index (χ1v) is 5.63. The molecule has 0 amide bonds. The fraction of sp³-hybridized carbons (Fsp3) is 0.417. The summed E-state index contributed by atoms with van der Waals surface area (Å²) in [6.45, 7) is 4.40. The minimum absolute atomic E-state index is 0.0325. The van der Waals surface area contributed by atoms with Gasteiger partial charge in [-0.3, -0.25) is 4.40 Å². The van der Waals surface area contributed by atoms with Gasteiger partial charge in [-0.05, 0) is 12.0 Å². The maximum absolute atomic E-state index is 11.1. The molecule has 0 aliphatic heterocycles. The predicted octanol–water partition coefficient (Wildman–Crippen LogP) is 1.70. The molecule has 0 saturated carbocycles. The van der Waals surface area contributed by atoms with Crippen molar-refractivity contribution in [2.45, 2.75) is 26.4 Å². The van der Waals surface area contributed by atoms with Crippen LogP contribution in [-0.4, -0.2) is 32.6 Å². The number of aromatic nitrogens is 3. The van der Waals surface area contributed by atoms with Crippen molar-refractivity contribution in [3.63, 3.8) is 0 Å². The van der Waals surface area contributed by atoms with E-state index >= 15 is 0 Å². The Labute approximate surface area is 104 Å². The zero-order chi connectivity index (χ0) is 13.3. The molecule has 0 aliphatic rings. The molecule has 0 unspecified atom stereocenters. The first kappa shape index (κ1) is 12.5. The van der Waals surface area contributed by atoms with E-state index in [1.165, 1.54) is 6.33 Å². The minimum Gasteiger partial charge on any atom is -0.476 e. The van der Waals surface area contributed by atoms with Crippen molar-refractivity contribution in [1.82, 2.24) is 14.4 Å². The molecule has 0 radical (unpaired) electrons. The summed E-state index contributed by atoms with van der Waals surface area (Å²) in [7, 11) is 1.59. The molecule has 1 N–H and O–H groups in total. The van der Waals surface area contributed by atoms with Gasteiger partial charge in [0, 0.05) is 12.8 Å². The second-order valence-corrected chi connectivity index (χ2v) is 4.35. The van der Waals surface area contributed by atoms with Crippen molar-refractivity contribution in [1.29, 1.82) is 0 Å². The number of nitrogens with zero attached hydrogens (tertiary/aromatic N) is 3. The predicted molar refractivity (Wildman–Crippen MR) is 64.7 cm³/mol. The Morgan fingerprint density at radius 3 is 2.83 bits per heavy atom.